The van der Waals surface area contributed by atoms with E-state index in [1.807, 2.05) is 43.3 Å². The maximum absolute atomic E-state index is 13.0. The van der Waals surface area contributed by atoms with Crippen molar-refractivity contribution in [1.82, 2.24) is 4.90 Å². The predicted molar refractivity (Wildman–Crippen MR) is 140 cm³/mol. The minimum absolute atomic E-state index is 0.0194. The molecule has 34 heavy (non-hydrogen) atoms. The molecule has 0 spiro atoms. The van der Waals surface area contributed by atoms with Gasteiger partial charge in [0, 0.05) is 11.7 Å². The van der Waals surface area contributed by atoms with Gasteiger partial charge in [-0.3, -0.25) is 14.5 Å². The molecule has 6 nitrogen and oxygen atoms in total. The number of nitrogens with zero attached hydrogens (tertiary/aromatic N) is 1. The summed E-state index contributed by atoms with van der Waals surface area (Å²) in [6.07, 6.45) is 7.36. The topological polar surface area (TPSA) is 67.9 Å². The number of methoxy groups -OCH3 is 1. The summed E-state index contributed by atoms with van der Waals surface area (Å²) in [7, 11) is 1.54. The lowest BCUT2D eigenvalue weighted by molar-refractivity contribution is -0.124. The molecule has 2 aromatic carbocycles. The number of thiocarbonyl (C=S) groups is 1. The van der Waals surface area contributed by atoms with Crippen LogP contribution in [0.25, 0.3) is 6.08 Å². The van der Waals surface area contributed by atoms with E-state index < -0.39 is 0 Å². The van der Waals surface area contributed by atoms with Crippen LogP contribution in [0.2, 0.25) is 0 Å². The fourth-order valence-corrected chi connectivity index (χ4v) is 5.64. The van der Waals surface area contributed by atoms with Crippen LogP contribution in [0.4, 0.5) is 5.69 Å². The van der Waals surface area contributed by atoms with Crippen LogP contribution < -0.4 is 14.8 Å². The normalized spacial score (nSPS) is 17.8. The first-order chi connectivity index (χ1) is 16.4. The number of hydrogen-bond donors (Lipinski definition) is 1. The lowest BCUT2D eigenvalue weighted by Gasteiger charge is -2.29. The monoisotopic (exact) mass is 496 g/mol. The fourth-order valence-electron chi connectivity index (χ4n) is 4.24. The third-order valence-electron chi connectivity index (χ3n) is 5.91. The molecule has 0 bridgehead atoms. The maximum atomic E-state index is 13.0. The number of rotatable bonds is 7. The Morgan fingerprint density at radius 1 is 1.18 bits per heavy atom. The van der Waals surface area contributed by atoms with E-state index >= 15 is 0 Å². The van der Waals surface area contributed by atoms with Crippen molar-refractivity contribution in [3.63, 3.8) is 0 Å². The molecule has 1 saturated heterocycles. The largest absolute Gasteiger partial charge is 0.493 e. The van der Waals surface area contributed by atoms with Gasteiger partial charge in [0.05, 0.1) is 12.0 Å². The molecule has 0 atom stereocenters. The molecule has 2 aromatic rings. The number of carbonyl (C=O) groups excluding carboxylic acids is 2. The number of amides is 2. The van der Waals surface area contributed by atoms with E-state index in [4.69, 9.17) is 21.7 Å². The second kappa shape index (κ2) is 11.1. The first-order valence-electron chi connectivity index (χ1n) is 11.4. The SMILES string of the molecule is COc1cc(C=C2SC(=S)N(C3CCCCC3)C2=O)ccc1OCC(=O)Nc1cccc(C)c1. The van der Waals surface area contributed by atoms with Gasteiger partial charge in [0.2, 0.25) is 0 Å². The highest BCUT2D eigenvalue weighted by molar-refractivity contribution is 8.26. The van der Waals surface area contributed by atoms with Crippen molar-refractivity contribution in [3.05, 3.63) is 58.5 Å². The molecule has 8 heteroatoms. The Morgan fingerprint density at radius 3 is 2.71 bits per heavy atom. The van der Waals surface area contributed by atoms with Crippen LogP contribution in [0, 0.1) is 6.92 Å². The van der Waals surface area contributed by atoms with E-state index in [9.17, 15) is 9.59 Å². The molecular weight excluding hydrogens is 468 g/mol. The quantitative estimate of drug-likeness (QED) is 0.400. The van der Waals surface area contributed by atoms with E-state index in [0.717, 1.165) is 42.5 Å². The van der Waals surface area contributed by atoms with Crippen molar-refractivity contribution >= 4 is 51.9 Å². The van der Waals surface area contributed by atoms with Gasteiger partial charge in [-0.05, 0) is 61.2 Å². The Labute approximate surface area is 209 Å². The maximum Gasteiger partial charge on any atom is 0.266 e. The van der Waals surface area contributed by atoms with Crippen molar-refractivity contribution in [3.8, 4) is 11.5 Å². The molecule has 2 fully saturated rings. The number of thioether (sulfide) groups is 1. The number of ether oxygens (including phenoxy) is 2. The molecule has 1 heterocycles. The van der Waals surface area contributed by atoms with Gasteiger partial charge in [-0.15, -0.1) is 0 Å². The van der Waals surface area contributed by atoms with E-state index in [0.29, 0.717) is 20.7 Å². The highest BCUT2D eigenvalue weighted by atomic mass is 32.2. The van der Waals surface area contributed by atoms with Crippen LogP contribution in [0.1, 0.15) is 43.2 Å². The lowest BCUT2D eigenvalue weighted by Crippen LogP contribution is -2.39. The summed E-state index contributed by atoms with van der Waals surface area (Å²) in [6.45, 7) is 1.82. The average molecular weight is 497 g/mol. The Balaban J connectivity index is 1.41. The van der Waals surface area contributed by atoms with Crippen molar-refractivity contribution in [2.75, 3.05) is 19.0 Å². The van der Waals surface area contributed by atoms with Crippen molar-refractivity contribution in [1.29, 1.82) is 0 Å². The van der Waals surface area contributed by atoms with Crippen molar-refractivity contribution in [2.45, 2.75) is 45.1 Å². The standard InChI is InChI=1S/C26H28N2O4S2/c1-17-7-6-8-19(13-17)27-24(29)16-32-21-12-11-18(14-22(21)31-2)15-23-25(30)28(26(33)34-23)20-9-4-3-5-10-20/h6-8,11-15,20H,3-5,9-10,16H2,1-2H3,(H,27,29). The molecule has 4 rings (SSSR count). The number of nitrogens with one attached hydrogen (secondary N) is 1. The lowest BCUT2D eigenvalue weighted by atomic mass is 9.94. The minimum Gasteiger partial charge on any atom is -0.493 e. The zero-order chi connectivity index (χ0) is 24.1. The van der Waals surface area contributed by atoms with E-state index in [1.54, 1.807) is 24.1 Å². The van der Waals surface area contributed by atoms with Gasteiger partial charge in [0.25, 0.3) is 11.8 Å². The van der Waals surface area contributed by atoms with Gasteiger partial charge < -0.3 is 14.8 Å². The molecule has 0 radical (unpaired) electrons. The summed E-state index contributed by atoms with van der Waals surface area (Å²) >= 11 is 6.87. The van der Waals surface area contributed by atoms with Crippen molar-refractivity contribution in [2.24, 2.45) is 0 Å². The molecular formula is C26H28N2O4S2. The predicted octanol–water partition coefficient (Wildman–Crippen LogP) is 5.56. The van der Waals surface area contributed by atoms with Crippen LogP contribution in [-0.2, 0) is 9.59 Å². The average Bonchev–Trinajstić information content (AvgIpc) is 3.11. The fraction of sp³-hybridized carbons (Fsp3) is 0.346. The molecule has 0 aromatic heterocycles. The molecule has 1 saturated carbocycles. The highest BCUT2D eigenvalue weighted by Gasteiger charge is 2.37. The Kier molecular flexibility index (Phi) is 7.90. The highest BCUT2D eigenvalue weighted by Crippen LogP contribution is 2.38. The van der Waals surface area contributed by atoms with Gasteiger partial charge in [-0.1, -0.05) is 61.4 Å². The van der Waals surface area contributed by atoms with Crippen LogP contribution in [0.3, 0.4) is 0 Å². The summed E-state index contributed by atoms with van der Waals surface area (Å²) in [6, 6.07) is 13.2. The number of carbonyl (C=O) groups is 2. The second-order valence-electron chi connectivity index (χ2n) is 8.46. The summed E-state index contributed by atoms with van der Waals surface area (Å²) in [5.74, 6) is 0.658. The number of aryl methyl sites for hydroxylation is 1. The van der Waals surface area contributed by atoms with Crippen LogP contribution in [0.15, 0.2) is 47.4 Å². The summed E-state index contributed by atoms with van der Waals surface area (Å²) < 4.78 is 11.8. The van der Waals surface area contributed by atoms with Gasteiger partial charge in [0.15, 0.2) is 18.1 Å². The van der Waals surface area contributed by atoms with E-state index in [2.05, 4.69) is 5.32 Å². The van der Waals surface area contributed by atoms with Gasteiger partial charge in [-0.25, -0.2) is 0 Å². The van der Waals surface area contributed by atoms with Crippen molar-refractivity contribution < 1.29 is 19.1 Å². The Morgan fingerprint density at radius 2 is 1.97 bits per heavy atom. The smallest absolute Gasteiger partial charge is 0.266 e. The molecule has 1 N–H and O–H groups in total. The van der Waals surface area contributed by atoms with Gasteiger partial charge >= 0.3 is 0 Å². The molecule has 2 aliphatic rings. The summed E-state index contributed by atoms with van der Waals surface area (Å²) in [5, 5.41) is 2.82. The first kappa shape index (κ1) is 24.3. The third kappa shape index (κ3) is 5.80. The number of benzene rings is 2. The summed E-state index contributed by atoms with van der Waals surface area (Å²) in [4.78, 5) is 27.7. The van der Waals surface area contributed by atoms with Gasteiger partial charge in [0.1, 0.15) is 4.32 Å². The Hall–Kier alpha value is -2.84. The Bertz CT molecular complexity index is 1130. The van der Waals surface area contributed by atoms with Crippen LogP contribution in [-0.4, -0.2) is 40.8 Å². The molecule has 178 valence electrons. The second-order valence-corrected chi connectivity index (χ2v) is 10.1. The molecule has 1 aliphatic carbocycles. The van der Waals surface area contributed by atoms with E-state index in [-0.39, 0.29) is 24.5 Å². The van der Waals surface area contributed by atoms with Gasteiger partial charge in [-0.2, -0.15) is 0 Å². The molecule has 0 unspecified atom stereocenters. The number of hydrogen-bond acceptors (Lipinski definition) is 6. The minimum atomic E-state index is -0.261. The summed E-state index contributed by atoms with van der Waals surface area (Å²) in [5.41, 5.74) is 2.59. The molecule has 2 amide bonds. The number of anilines is 1. The van der Waals surface area contributed by atoms with Crippen LogP contribution in [0.5, 0.6) is 11.5 Å². The zero-order valence-corrected chi connectivity index (χ0v) is 21.0. The van der Waals surface area contributed by atoms with Crippen LogP contribution >= 0.6 is 24.0 Å². The van der Waals surface area contributed by atoms with E-state index in [1.165, 1.54) is 18.2 Å². The third-order valence-corrected chi connectivity index (χ3v) is 7.24. The molecule has 1 aliphatic heterocycles. The first-order valence-corrected chi connectivity index (χ1v) is 12.6. The zero-order valence-electron chi connectivity index (χ0n) is 19.3.